The largest absolute Gasteiger partial charge is 0.480 e. The quantitative estimate of drug-likeness (QED) is 0.0488. The molecule has 0 spiro atoms. The molecule has 0 bridgehead atoms. The predicted molar refractivity (Wildman–Crippen MR) is 144 cm³/mol. The van der Waals surface area contributed by atoms with Crippen LogP contribution >= 0.6 is 12.6 Å². The van der Waals surface area contributed by atoms with Crippen molar-refractivity contribution in [2.75, 3.05) is 18.9 Å². The molecule has 0 aliphatic carbocycles. The van der Waals surface area contributed by atoms with E-state index in [1.807, 2.05) is 24.3 Å². The van der Waals surface area contributed by atoms with Gasteiger partial charge in [-0.05, 0) is 24.5 Å². The Morgan fingerprint density at radius 1 is 1.00 bits per heavy atom. The van der Waals surface area contributed by atoms with Crippen LogP contribution in [0.5, 0.6) is 0 Å². The molecule has 15 heteroatoms. The first kappa shape index (κ1) is 30.4. The van der Waals surface area contributed by atoms with Gasteiger partial charge in [-0.3, -0.25) is 19.4 Å². The smallest absolute Gasteiger partial charge is 0.328 e. The number of thiol groups is 1. The van der Waals surface area contributed by atoms with Crippen LogP contribution in [0.25, 0.3) is 10.9 Å². The Kier molecular flexibility index (Phi) is 11.8. The summed E-state index contributed by atoms with van der Waals surface area (Å²) in [4.78, 5) is 56.7. The van der Waals surface area contributed by atoms with E-state index in [1.54, 1.807) is 6.20 Å². The van der Waals surface area contributed by atoms with Crippen molar-refractivity contribution in [3.05, 3.63) is 36.0 Å². The van der Waals surface area contributed by atoms with Crippen molar-refractivity contribution in [1.82, 2.24) is 20.9 Å². The molecule has 4 atom stereocenters. The molecular formula is C23H34N8O6S. The topological polar surface area (TPSA) is 251 Å². The third-order valence-corrected chi connectivity index (χ3v) is 6.01. The summed E-state index contributed by atoms with van der Waals surface area (Å²) in [6.07, 6.45) is 2.47. The van der Waals surface area contributed by atoms with Gasteiger partial charge in [0.1, 0.15) is 18.1 Å². The minimum Gasteiger partial charge on any atom is -0.480 e. The molecule has 3 amide bonds. The van der Waals surface area contributed by atoms with Crippen LogP contribution < -0.4 is 33.2 Å². The van der Waals surface area contributed by atoms with Gasteiger partial charge in [0.2, 0.25) is 17.7 Å². The highest BCUT2D eigenvalue weighted by Gasteiger charge is 2.30. The van der Waals surface area contributed by atoms with Gasteiger partial charge in [-0.15, -0.1) is 0 Å². The number of guanidine groups is 1. The summed E-state index contributed by atoms with van der Waals surface area (Å²) < 4.78 is 0. The normalized spacial score (nSPS) is 14.1. The number of aliphatic hydroxyl groups is 1. The zero-order valence-electron chi connectivity index (χ0n) is 20.6. The molecule has 1 aromatic carbocycles. The molecule has 0 saturated carbocycles. The second-order valence-corrected chi connectivity index (χ2v) is 8.87. The summed E-state index contributed by atoms with van der Waals surface area (Å²) in [5.41, 5.74) is 18.2. The third kappa shape index (κ3) is 8.93. The summed E-state index contributed by atoms with van der Waals surface area (Å²) >= 11 is 4.08. The molecule has 2 rings (SSSR count). The molecule has 12 N–H and O–H groups in total. The molecule has 0 radical (unpaired) electrons. The number of para-hydroxylation sites is 1. The number of carboxylic acid groups (broad SMARTS) is 1. The number of carbonyl (C=O) groups is 4. The Hall–Kier alpha value is -3.82. The zero-order chi connectivity index (χ0) is 28.2. The lowest BCUT2D eigenvalue weighted by molar-refractivity contribution is -0.143. The van der Waals surface area contributed by atoms with Crippen molar-refractivity contribution in [2.24, 2.45) is 22.2 Å². The molecule has 38 heavy (non-hydrogen) atoms. The number of rotatable bonds is 15. The number of nitrogens with one attached hydrogen (secondary N) is 4. The van der Waals surface area contributed by atoms with Gasteiger partial charge in [0, 0.05) is 35.8 Å². The van der Waals surface area contributed by atoms with Crippen molar-refractivity contribution >= 4 is 53.2 Å². The summed E-state index contributed by atoms with van der Waals surface area (Å²) in [6.45, 7) is -0.554. The molecule has 2 aromatic rings. The molecule has 4 unspecified atom stereocenters. The number of amides is 3. The average Bonchev–Trinajstić information content (AvgIpc) is 3.29. The van der Waals surface area contributed by atoms with Crippen molar-refractivity contribution in [2.45, 2.75) is 43.4 Å². The number of carbonyl (C=O) groups excluding carboxylic acids is 3. The van der Waals surface area contributed by atoms with E-state index in [0.717, 1.165) is 16.5 Å². The number of H-pyrrole nitrogens is 1. The zero-order valence-corrected chi connectivity index (χ0v) is 21.5. The first-order valence-corrected chi connectivity index (χ1v) is 12.4. The second-order valence-electron chi connectivity index (χ2n) is 8.51. The van der Waals surface area contributed by atoms with Gasteiger partial charge in [0.25, 0.3) is 0 Å². The molecular weight excluding hydrogens is 516 g/mol. The molecule has 14 nitrogen and oxygen atoms in total. The van der Waals surface area contributed by atoms with Crippen LogP contribution in [0.15, 0.2) is 35.5 Å². The number of carboxylic acids is 1. The van der Waals surface area contributed by atoms with E-state index >= 15 is 0 Å². The number of hydrogen-bond acceptors (Lipinski definition) is 8. The number of aromatic amines is 1. The summed E-state index contributed by atoms with van der Waals surface area (Å²) in [5, 5.41) is 26.4. The predicted octanol–water partition coefficient (Wildman–Crippen LogP) is -2.45. The maximum Gasteiger partial charge on any atom is 0.328 e. The van der Waals surface area contributed by atoms with E-state index in [9.17, 15) is 24.3 Å². The lowest BCUT2D eigenvalue weighted by Gasteiger charge is -2.24. The van der Waals surface area contributed by atoms with E-state index in [1.165, 1.54) is 0 Å². The van der Waals surface area contributed by atoms with Crippen LogP contribution in [0, 0.1) is 0 Å². The standard InChI is InChI=1S/C23H34N8O6S/c24-14(5-3-7-27-23(25)26)19(33)29-16(8-12-9-28-15-6-2-1-4-13(12)15)20(34)31-18(11-38)21(35)30-17(10-32)22(36)37/h1-2,4,6,9,14,16-18,28,32,38H,3,5,7-8,10-11,24H2,(H,29,33)(H,30,35)(H,31,34)(H,36,37)(H4,25,26,27). The summed E-state index contributed by atoms with van der Waals surface area (Å²) in [6, 6.07) is 2.53. The minimum absolute atomic E-state index is 0.0671. The van der Waals surface area contributed by atoms with Crippen LogP contribution in [0.4, 0.5) is 0 Å². The van der Waals surface area contributed by atoms with Crippen LogP contribution in [0.3, 0.4) is 0 Å². The van der Waals surface area contributed by atoms with Crippen molar-refractivity contribution in [1.29, 1.82) is 0 Å². The molecule has 0 aliphatic rings. The number of aliphatic carboxylic acids is 1. The maximum atomic E-state index is 13.3. The lowest BCUT2D eigenvalue weighted by Crippen LogP contribution is -2.58. The Bertz CT molecular complexity index is 1150. The highest BCUT2D eigenvalue weighted by atomic mass is 32.1. The molecule has 208 valence electrons. The number of aliphatic imine (C=N–C) groups is 1. The average molecular weight is 551 g/mol. The van der Waals surface area contributed by atoms with Gasteiger partial charge in [-0.25, -0.2) is 4.79 Å². The first-order valence-electron chi connectivity index (χ1n) is 11.8. The van der Waals surface area contributed by atoms with E-state index < -0.39 is 54.5 Å². The van der Waals surface area contributed by atoms with Gasteiger partial charge >= 0.3 is 5.97 Å². The van der Waals surface area contributed by atoms with Gasteiger partial charge in [0.15, 0.2) is 5.96 Å². The van der Waals surface area contributed by atoms with E-state index in [0.29, 0.717) is 6.42 Å². The number of benzene rings is 1. The maximum absolute atomic E-state index is 13.3. The first-order chi connectivity index (χ1) is 18.1. The molecule has 0 aliphatic heterocycles. The third-order valence-electron chi connectivity index (χ3n) is 5.65. The SMILES string of the molecule is NC(N)=NCCCC(N)C(=O)NC(Cc1c[nH]c2ccccc12)C(=O)NC(CS)C(=O)NC(CO)C(=O)O. The summed E-state index contributed by atoms with van der Waals surface area (Å²) in [5.74, 6) is -3.84. The van der Waals surface area contributed by atoms with Crippen molar-refractivity contribution in [3.63, 3.8) is 0 Å². The number of hydrogen-bond donors (Lipinski definition) is 10. The number of nitrogens with zero attached hydrogens (tertiary/aromatic N) is 1. The van der Waals surface area contributed by atoms with Crippen molar-refractivity contribution in [3.8, 4) is 0 Å². The Morgan fingerprint density at radius 3 is 2.26 bits per heavy atom. The number of nitrogens with two attached hydrogens (primary N) is 3. The lowest BCUT2D eigenvalue weighted by atomic mass is 10.0. The monoisotopic (exact) mass is 550 g/mol. The highest BCUT2D eigenvalue weighted by molar-refractivity contribution is 7.80. The fourth-order valence-corrected chi connectivity index (χ4v) is 3.84. The minimum atomic E-state index is -1.56. The number of aromatic nitrogens is 1. The van der Waals surface area contributed by atoms with Crippen LogP contribution in [0.2, 0.25) is 0 Å². The van der Waals surface area contributed by atoms with E-state index in [2.05, 4.69) is 38.6 Å². The van der Waals surface area contributed by atoms with Gasteiger partial charge in [-0.2, -0.15) is 12.6 Å². The van der Waals surface area contributed by atoms with E-state index in [-0.39, 0.29) is 31.1 Å². The number of fused-ring (bicyclic) bond motifs is 1. The Balaban J connectivity index is 2.18. The Morgan fingerprint density at radius 2 is 1.63 bits per heavy atom. The summed E-state index contributed by atoms with van der Waals surface area (Å²) in [7, 11) is 0. The van der Waals surface area contributed by atoms with Crippen LogP contribution in [-0.4, -0.2) is 87.9 Å². The number of aliphatic hydroxyl groups excluding tert-OH is 1. The fourth-order valence-electron chi connectivity index (χ4n) is 3.58. The highest BCUT2D eigenvalue weighted by Crippen LogP contribution is 2.19. The fraction of sp³-hybridized carbons (Fsp3) is 0.435. The van der Waals surface area contributed by atoms with Crippen molar-refractivity contribution < 1.29 is 29.4 Å². The Labute approximate surface area is 224 Å². The van der Waals surface area contributed by atoms with Gasteiger partial charge < -0.3 is 48.3 Å². The molecule has 1 heterocycles. The molecule has 1 aromatic heterocycles. The molecule has 0 saturated heterocycles. The second kappa shape index (κ2) is 14.8. The molecule has 0 fully saturated rings. The van der Waals surface area contributed by atoms with E-state index in [4.69, 9.17) is 22.3 Å². The van der Waals surface area contributed by atoms with Gasteiger partial charge in [-0.1, -0.05) is 18.2 Å². The van der Waals surface area contributed by atoms with Crippen LogP contribution in [0.1, 0.15) is 18.4 Å². The van der Waals surface area contributed by atoms with Crippen LogP contribution in [-0.2, 0) is 25.6 Å². The van der Waals surface area contributed by atoms with Gasteiger partial charge in [0.05, 0.1) is 12.6 Å².